The van der Waals surface area contributed by atoms with Crippen molar-refractivity contribution in [1.29, 1.82) is 0 Å². The maximum atomic E-state index is 13.2. The van der Waals surface area contributed by atoms with Crippen LogP contribution in [0.5, 0.6) is 0 Å². The van der Waals surface area contributed by atoms with Crippen molar-refractivity contribution in [3.8, 4) is 0 Å². The van der Waals surface area contributed by atoms with Gasteiger partial charge in [-0.15, -0.1) is 11.3 Å². The molecule has 0 bridgehead atoms. The Morgan fingerprint density at radius 1 is 1.41 bits per heavy atom. The van der Waals surface area contributed by atoms with E-state index in [2.05, 4.69) is 9.97 Å². The van der Waals surface area contributed by atoms with Crippen molar-refractivity contribution < 1.29 is 4.79 Å². The molecule has 4 rings (SSSR count). The molecule has 1 amide bonds. The van der Waals surface area contributed by atoms with Crippen molar-refractivity contribution in [2.75, 3.05) is 7.05 Å². The fraction of sp³-hybridized carbons (Fsp3) is 0.368. The normalized spacial score (nSPS) is 13.9. The van der Waals surface area contributed by atoms with Crippen LogP contribution < -0.4 is 11.2 Å². The average molecular weight is 384 g/mol. The molecule has 0 aromatic carbocycles. The predicted molar refractivity (Wildman–Crippen MR) is 104 cm³/mol. The van der Waals surface area contributed by atoms with E-state index in [9.17, 15) is 14.4 Å². The van der Waals surface area contributed by atoms with E-state index in [4.69, 9.17) is 0 Å². The Morgan fingerprint density at radius 2 is 2.19 bits per heavy atom. The zero-order valence-corrected chi connectivity index (χ0v) is 16.0. The molecule has 1 saturated carbocycles. The fourth-order valence-electron chi connectivity index (χ4n) is 3.26. The number of carbonyl (C=O) groups excluding carboxylic acids is 1. The molecule has 1 N–H and O–H groups in total. The summed E-state index contributed by atoms with van der Waals surface area (Å²) in [6, 6.07) is 5.64. The number of thiophene rings is 1. The Morgan fingerprint density at radius 3 is 2.81 bits per heavy atom. The number of H-pyrrole nitrogens is 1. The molecule has 0 spiro atoms. The van der Waals surface area contributed by atoms with Crippen LogP contribution in [0.15, 0.2) is 33.2 Å². The molecular formula is C19H20N4O3S. The molecule has 8 heteroatoms. The number of amides is 1. The second-order valence-corrected chi connectivity index (χ2v) is 7.84. The second kappa shape index (κ2) is 6.77. The Bertz CT molecular complexity index is 1130. The first-order valence-corrected chi connectivity index (χ1v) is 9.83. The lowest BCUT2D eigenvalue weighted by Crippen LogP contribution is -2.33. The van der Waals surface area contributed by atoms with E-state index >= 15 is 0 Å². The number of nitrogens with one attached hydrogen (secondary N) is 1. The highest BCUT2D eigenvalue weighted by molar-refractivity contribution is 7.09. The highest BCUT2D eigenvalue weighted by Gasteiger charge is 2.29. The third-order valence-electron chi connectivity index (χ3n) is 4.83. The van der Waals surface area contributed by atoms with Crippen LogP contribution in [-0.4, -0.2) is 32.4 Å². The summed E-state index contributed by atoms with van der Waals surface area (Å²) >= 11 is 1.58. The van der Waals surface area contributed by atoms with E-state index in [1.54, 1.807) is 29.4 Å². The monoisotopic (exact) mass is 384 g/mol. The summed E-state index contributed by atoms with van der Waals surface area (Å²) in [4.78, 5) is 47.5. The minimum absolute atomic E-state index is 0.184. The molecule has 0 atom stereocenters. The van der Waals surface area contributed by atoms with Crippen LogP contribution in [0.25, 0.3) is 11.0 Å². The minimum atomic E-state index is -0.567. The van der Waals surface area contributed by atoms with E-state index in [-0.39, 0.29) is 11.3 Å². The lowest BCUT2D eigenvalue weighted by molar-refractivity contribution is 0.0788. The van der Waals surface area contributed by atoms with Crippen molar-refractivity contribution in [3.63, 3.8) is 0 Å². The van der Waals surface area contributed by atoms with E-state index in [1.165, 1.54) is 4.57 Å². The molecular weight excluding hydrogens is 364 g/mol. The summed E-state index contributed by atoms with van der Waals surface area (Å²) in [5.74, 6) is 0.0488. The van der Waals surface area contributed by atoms with Gasteiger partial charge in [0, 0.05) is 30.1 Å². The van der Waals surface area contributed by atoms with Gasteiger partial charge in [0.2, 0.25) is 0 Å². The van der Waals surface area contributed by atoms with Crippen molar-refractivity contribution >= 4 is 28.3 Å². The SMILES string of the molecule is CCn1c(=O)[nH]c(=O)c2c(C(=O)N(C)Cc3cccs3)cc(C3CC3)nc21. The van der Waals surface area contributed by atoms with E-state index in [0.29, 0.717) is 30.2 Å². The smallest absolute Gasteiger partial charge is 0.329 e. The Kier molecular flexibility index (Phi) is 4.43. The maximum Gasteiger partial charge on any atom is 0.329 e. The largest absolute Gasteiger partial charge is 0.337 e. The standard InChI is InChI=1S/C19H20N4O3S/c1-3-23-16-15(17(24)21-19(23)26)13(9-14(20-16)11-6-7-11)18(25)22(2)10-12-5-4-8-27-12/h4-5,8-9,11H,3,6-7,10H2,1-2H3,(H,21,24,26). The number of hydrogen-bond donors (Lipinski definition) is 1. The molecule has 1 aliphatic carbocycles. The van der Waals surface area contributed by atoms with Crippen LogP contribution in [0.3, 0.4) is 0 Å². The van der Waals surface area contributed by atoms with Gasteiger partial charge in [0.15, 0.2) is 5.65 Å². The summed E-state index contributed by atoms with van der Waals surface area (Å²) in [6.07, 6.45) is 2.02. The van der Waals surface area contributed by atoms with Crippen molar-refractivity contribution in [2.45, 2.75) is 38.8 Å². The number of pyridine rings is 1. The summed E-state index contributed by atoms with van der Waals surface area (Å²) in [5, 5.41) is 2.15. The van der Waals surface area contributed by atoms with Gasteiger partial charge in [-0.3, -0.25) is 19.1 Å². The maximum absolute atomic E-state index is 13.2. The molecule has 3 heterocycles. The van der Waals surface area contributed by atoms with Crippen LogP contribution in [0.4, 0.5) is 0 Å². The molecule has 0 unspecified atom stereocenters. The molecule has 27 heavy (non-hydrogen) atoms. The van der Waals surface area contributed by atoms with Gasteiger partial charge < -0.3 is 4.90 Å². The topological polar surface area (TPSA) is 88.1 Å². The lowest BCUT2D eigenvalue weighted by Gasteiger charge is -2.18. The Hall–Kier alpha value is -2.74. The number of aromatic amines is 1. The van der Waals surface area contributed by atoms with Gasteiger partial charge in [-0.25, -0.2) is 9.78 Å². The number of rotatable bonds is 5. The van der Waals surface area contributed by atoms with E-state index < -0.39 is 11.2 Å². The molecule has 0 saturated heterocycles. The first-order valence-electron chi connectivity index (χ1n) is 8.95. The van der Waals surface area contributed by atoms with Gasteiger partial charge >= 0.3 is 5.69 Å². The number of nitrogens with zero attached hydrogens (tertiary/aromatic N) is 3. The lowest BCUT2D eigenvalue weighted by atomic mass is 10.1. The van der Waals surface area contributed by atoms with Gasteiger partial charge in [-0.2, -0.15) is 0 Å². The number of fused-ring (bicyclic) bond motifs is 1. The molecule has 0 radical (unpaired) electrons. The van der Waals surface area contributed by atoms with Crippen LogP contribution >= 0.6 is 11.3 Å². The number of carbonyl (C=O) groups is 1. The zero-order chi connectivity index (χ0) is 19.1. The predicted octanol–water partition coefficient (Wildman–Crippen LogP) is 2.32. The molecule has 140 valence electrons. The van der Waals surface area contributed by atoms with E-state index in [1.807, 2.05) is 24.4 Å². The summed E-state index contributed by atoms with van der Waals surface area (Å²) in [5.41, 5.74) is 0.318. The average Bonchev–Trinajstić information content (AvgIpc) is 3.38. The molecule has 0 aliphatic heterocycles. The second-order valence-electron chi connectivity index (χ2n) is 6.81. The van der Waals surface area contributed by atoms with Gasteiger partial charge in [0.05, 0.1) is 17.5 Å². The third-order valence-corrected chi connectivity index (χ3v) is 5.69. The number of hydrogen-bond acceptors (Lipinski definition) is 5. The van der Waals surface area contributed by atoms with Gasteiger partial charge in [0.25, 0.3) is 11.5 Å². The Balaban J connectivity index is 1.89. The van der Waals surface area contributed by atoms with Gasteiger partial charge in [-0.05, 0) is 37.3 Å². The molecule has 3 aromatic heterocycles. The summed E-state index contributed by atoms with van der Waals surface area (Å²) in [6.45, 7) is 2.64. The first kappa shape index (κ1) is 17.7. The number of aryl methyl sites for hydroxylation is 1. The van der Waals surface area contributed by atoms with Crippen LogP contribution in [0.2, 0.25) is 0 Å². The number of aromatic nitrogens is 3. The molecule has 1 aliphatic rings. The van der Waals surface area contributed by atoms with E-state index in [0.717, 1.165) is 23.4 Å². The van der Waals surface area contributed by atoms with Gasteiger partial charge in [0.1, 0.15) is 0 Å². The summed E-state index contributed by atoms with van der Waals surface area (Å²) < 4.78 is 1.42. The van der Waals surface area contributed by atoms with Crippen molar-refractivity contribution in [2.24, 2.45) is 0 Å². The summed E-state index contributed by atoms with van der Waals surface area (Å²) in [7, 11) is 1.72. The quantitative estimate of drug-likeness (QED) is 0.731. The van der Waals surface area contributed by atoms with Crippen LogP contribution in [0, 0.1) is 0 Å². The highest BCUT2D eigenvalue weighted by Crippen LogP contribution is 2.40. The van der Waals surface area contributed by atoms with Crippen LogP contribution in [-0.2, 0) is 13.1 Å². The fourth-order valence-corrected chi connectivity index (χ4v) is 4.01. The van der Waals surface area contributed by atoms with Crippen molar-refractivity contribution in [3.05, 3.63) is 60.6 Å². The molecule has 7 nitrogen and oxygen atoms in total. The first-order chi connectivity index (χ1) is 13.0. The zero-order valence-electron chi connectivity index (χ0n) is 15.2. The third kappa shape index (κ3) is 3.21. The minimum Gasteiger partial charge on any atom is -0.337 e. The van der Waals surface area contributed by atoms with Gasteiger partial charge in [-0.1, -0.05) is 6.07 Å². The molecule has 3 aromatic rings. The Labute approximate surface area is 159 Å². The van der Waals surface area contributed by atoms with Crippen molar-refractivity contribution in [1.82, 2.24) is 19.4 Å². The highest BCUT2D eigenvalue weighted by atomic mass is 32.1. The van der Waals surface area contributed by atoms with Crippen LogP contribution in [0.1, 0.15) is 46.6 Å². The molecule has 1 fully saturated rings.